The van der Waals surface area contributed by atoms with Crippen LogP contribution in [0.3, 0.4) is 0 Å². The van der Waals surface area contributed by atoms with Gasteiger partial charge >= 0.3 is 6.18 Å². The molecule has 7 heteroatoms. The fourth-order valence-electron chi connectivity index (χ4n) is 3.38. The molecular formula is C13H16ClF3N2O. The summed E-state index contributed by atoms with van der Waals surface area (Å²) >= 11 is 0. The lowest BCUT2D eigenvalue weighted by Gasteiger charge is -2.42. The fourth-order valence-corrected chi connectivity index (χ4v) is 3.38. The van der Waals surface area contributed by atoms with E-state index >= 15 is 0 Å². The Bertz CT molecular complexity index is 543. The molecule has 0 radical (unpaired) electrons. The lowest BCUT2D eigenvalue weighted by atomic mass is 9.83. The van der Waals surface area contributed by atoms with E-state index in [9.17, 15) is 18.0 Å². The third-order valence-electron chi connectivity index (χ3n) is 3.96. The van der Waals surface area contributed by atoms with Gasteiger partial charge in [-0.3, -0.25) is 9.69 Å². The number of hydrogen-bond acceptors (Lipinski definition) is 2. The van der Waals surface area contributed by atoms with Gasteiger partial charge in [0, 0.05) is 37.3 Å². The molecule has 0 aromatic carbocycles. The molecule has 2 aliphatic heterocycles. The predicted molar refractivity (Wildman–Crippen MR) is 71.3 cm³/mol. The van der Waals surface area contributed by atoms with Crippen molar-refractivity contribution < 1.29 is 13.2 Å². The van der Waals surface area contributed by atoms with Gasteiger partial charge in [0.15, 0.2) is 0 Å². The van der Waals surface area contributed by atoms with E-state index in [-0.39, 0.29) is 29.8 Å². The maximum atomic E-state index is 12.5. The van der Waals surface area contributed by atoms with Crippen LogP contribution in [0.15, 0.2) is 23.0 Å². The van der Waals surface area contributed by atoms with Crippen LogP contribution in [0.4, 0.5) is 13.2 Å². The minimum Gasteiger partial charge on any atom is -0.312 e. The van der Waals surface area contributed by atoms with E-state index < -0.39 is 12.7 Å². The second-order valence-corrected chi connectivity index (χ2v) is 5.51. The molecule has 3 nitrogen and oxygen atoms in total. The quantitative estimate of drug-likeness (QED) is 0.795. The number of fused-ring (bicyclic) bond motifs is 4. The molecule has 2 bridgehead atoms. The molecule has 0 amide bonds. The summed E-state index contributed by atoms with van der Waals surface area (Å²) in [5.74, 6) is 0.192. The Morgan fingerprint density at radius 3 is 2.65 bits per heavy atom. The molecule has 2 atom stereocenters. The van der Waals surface area contributed by atoms with E-state index in [1.54, 1.807) is 10.6 Å². The van der Waals surface area contributed by atoms with Crippen molar-refractivity contribution in [3.05, 3.63) is 34.2 Å². The number of hydrogen-bond donors (Lipinski definition) is 0. The zero-order valence-electron chi connectivity index (χ0n) is 10.8. The van der Waals surface area contributed by atoms with E-state index in [1.807, 2.05) is 6.07 Å². The Hall–Kier alpha value is -1.01. The molecule has 1 aromatic rings. The molecule has 0 spiro atoms. The summed E-state index contributed by atoms with van der Waals surface area (Å²) < 4.78 is 39.2. The van der Waals surface area contributed by atoms with Gasteiger partial charge in [-0.25, -0.2) is 0 Å². The fraction of sp³-hybridized carbons (Fsp3) is 0.615. The Balaban J connectivity index is 0.00000147. The summed E-state index contributed by atoms with van der Waals surface area (Å²) in [5, 5.41) is 0. The summed E-state index contributed by atoms with van der Waals surface area (Å²) in [4.78, 5) is 13.2. The summed E-state index contributed by atoms with van der Waals surface area (Å²) in [6, 6.07) is 5.06. The molecule has 0 N–H and O–H groups in total. The normalized spacial score (nSPS) is 25.8. The topological polar surface area (TPSA) is 25.2 Å². The van der Waals surface area contributed by atoms with Gasteiger partial charge < -0.3 is 4.57 Å². The number of aromatic nitrogens is 1. The van der Waals surface area contributed by atoms with Crippen molar-refractivity contribution in [2.45, 2.75) is 25.1 Å². The van der Waals surface area contributed by atoms with Gasteiger partial charge in [0.05, 0.1) is 6.54 Å². The van der Waals surface area contributed by atoms with E-state index in [1.165, 1.54) is 11.0 Å². The van der Waals surface area contributed by atoms with Gasteiger partial charge in [0.1, 0.15) is 0 Å². The highest BCUT2D eigenvalue weighted by atomic mass is 35.5. The van der Waals surface area contributed by atoms with E-state index in [0.29, 0.717) is 19.6 Å². The zero-order valence-corrected chi connectivity index (χ0v) is 11.6. The maximum Gasteiger partial charge on any atom is 0.401 e. The number of likely N-dealkylation sites (tertiary alicyclic amines) is 1. The second-order valence-electron chi connectivity index (χ2n) is 5.51. The molecule has 3 rings (SSSR count). The maximum absolute atomic E-state index is 12.5. The summed E-state index contributed by atoms with van der Waals surface area (Å²) in [6.07, 6.45) is -3.26. The molecule has 20 heavy (non-hydrogen) atoms. The largest absolute Gasteiger partial charge is 0.401 e. The number of halogens is 4. The van der Waals surface area contributed by atoms with Crippen molar-refractivity contribution >= 4 is 12.4 Å². The monoisotopic (exact) mass is 308 g/mol. The molecule has 3 heterocycles. The molecule has 1 saturated heterocycles. The van der Waals surface area contributed by atoms with Crippen molar-refractivity contribution in [3.63, 3.8) is 0 Å². The third-order valence-corrected chi connectivity index (χ3v) is 3.96. The van der Waals surface area contributed by atoms with E-state index in [2.05, 4.69) is 0 Å². The first-order valence-electron chi connectivity index (χ1n) is 6.41. The van der Waals surface area contributed by atoms with Gasteiger partial charge in [-0.1, -0.05) is 6.07 Å². The first kappa shape index (κ1) is 15.4. The van der Waals surface area contributed by atoms with Crippen LogP contribution in [0, 0.1) is 5.92 Å². The Morgan fingerprint density at radius 1 is 1.20 bits per heavy atom. The average molecular weight is 309 g/mol. The molecule has 2 unspecified atom stereocenters. The van der Waals surface area contributed by atoms with Gasteiger partial charge in [-0.2, -0.15) is 13.2 Å². The SMILES string of the molecule is Cl.O=c1cccc2n1CC1CC2CN(CC(F)(F)F)C1. The lowest BCUT2D eigenvalue weighted by Crippen LogP contribution is -2.49. The van der Waals surface area contributed by atoms with Crippen LogP contribution < -0.4 is 5.56 Å². The van der Waals surface area contributed by atoms with Crippen molar-refractivity contribution in [3.8, 4) is 0 Å². The number of rotatable bonds is 1. The molecule has 1 fully saturated rings. The molecular weight excluding hydrogens is 293 g/mol. The van der Waals surface area contributed by atoms with Crippen molar-refractivity contribution in [1.29, 1.82) is 0 Å². The molecule has 2 aliphatic rings. The lowest BCUT2D eigenvalue weighted by molar-refractivity contribution is -0.151. The first-order valence-corrected chi connectivity index (χ1v) is 6.41. The van der Waals surface area contributed by atoms with Gasteiger partial charge in [-0.15, -0.1) is 12.4 Å². The second kappa shape index (κ2) is 5.41. The number of nitrogens with zero attached hydrogens (tertiary/aromatic N) is 2. The number of pyridine rings is 1. The van der Waals surface area contributed by atoms with Gasteiger partial charge in [0.2, 0.25) is 0 Å². The Kier molecular flexibility index (Phi) is 4.16. The van der Waals surface area contributed by atoms with E-state index in [4.69, 9.17) is 0 Å². The van der Waals surface area contributed by atoms with Gasteiger partial charge in [-0.05, 0) is 18.4 Å². The molecule has 0 aliphatic carbocycles. The highest BCUT2D eigenvalue weighted by molar-refractivity contribution is 5.85. The number of piperidine rings is 1. The zero-order chi connectivity index (χ0) is 13.6. The Labute approximate surface area is 120 Å². The summed E-state index contributed by atoms with van der Waals surface area (Å²) in [7, 11) is 0. The van der Waals surface area contributed by atoms with Crippen LogP contribution in [0.5, 0.6) is 0 Å². The van der Waals surface area contributed by atoms with Crippen LogP contribution in [0.1, 0.15) is 18.0 Å². The van der Waals surface area contributed by atoms with Crippen molar-refractivity contribution in [1.82, 2.24) is 9.47 Å². The number of alkyl halides is 3. The van der Waals surface area contributed by atoms with Crippen molar-refractivity contribution in [2.75, 3.05) is 19.6 Å². The molecule has 0 saturated carbocycles. The van der Waals surface area contributed by atoms with Crippen LogP contribution >= 0.6 is 12.4 Å². The molecule has 1 aromatic heterocycles. The van der Waals surface area contributed by atoms with Crippen molar-refractivity contribution in [2.24, 2.45) is 5.92 Å². The Morgan fingerprint density at radius 2 is 1.95 bits per heavy atom. The van der Waals surface area contributed by atoms with Crippen LogP contribution in [0.25, 0.3) is 0 Å². The predicted octanol–water partition coefficient (Wildman–Crippen LogP) is 2.25. The summed E-state index contributed by atoms with van der Waals surface area (Å²) in [6.45, 7) is 0.507. The summed E-state index contributed by atoms with van der Waals surface area (Å²) in [5.41, 5.74) is 0.840. The minimum absolute atomic E-state index is 0. The smallest absolute Gasteiger partial charge is 0.312 e. The average Bonchev–Trinajstić information content (AvgIpc) is 2.28. The standard InChI is InChI=1S/C13H15F3N2O.ClH/c14-13(15,16)8-17-5-9-4-10(7-17)11-2-1-3-12(19)18(11)6-9;/h1-3,9-10H,4-8H2;1H. The highest BCUT2D eigenvalue weighted by Crippen LogP contribution is 2.35. The van der Waals surface area contributed by atoms with Crippen LogP contribution in [-0.2, 0) is 6.54 Å². The van der Waals surface area contributed by atoms with Crippen LogP contribution in [-0.4, -0.2) is 35.3 Å². The minimum atomic E-state index is -4.15. The highest BCUT2D eigenvalue weighted by Gasteiger charge is 2.39. The van der Waals surface area contributed by atoms with Crippen LogP contribution in [0.2, 0.25) is 0 Å². The first-order chi connectivity index (χ1) is 8.92. The van der Waals surface area contributed by atoms with E-state index in [0.717, 1.165) is 12.1 Å². The van der Waals surface area contributed by atoms with Gasteiger partial charge in [0.25, 0.3) is 5.56 Å². The third kappa shape index (κ3) is 3.01. The molecule has 112 valence electrons.